The largest absolute Gasteiger partial charge is 0.462 e. The van der Waals surface area contributed by atoms with Gasteiger partial charge in [0.25, 0.3) is 0 Å². The second-order valence-corrected chi connectivity index (χ2v) is 8.60. The third-order valence-corrected chi connectivity index (χ3v) is 7.02. The average Bonchev–Trinajstić information content (AvgIpc) is 2.71. The van der Waals surface area contributed by atoms with Crippen molar-refractivity contribution in [3.05, 3.63) is 42.2 Å². The Balaban J connectivity index is 1.52. The van der Waals surface area contributed by atoms with Crippen LogP contribution in [-0.2, 0) is 0 Å². The highest BCUT2D eigenvalue weighted by molar-refractivity contribution is 5.33. The maximum atomic E-state index is 14.5. The van der Waals surface area contributed by atoms with Crippen molar-refractivity contribution in [2.75, 3.05) is 0 Å². The van der Waals surface area contributed by atoms with Crippen LogP contribution in [0, 0.1) is 29.4 Å². The Labute approximate surface area is 163 Å². The van der Waals surface area contributed by atoms with Gasteiger partial charge in [0.05, 0.1) is 6.26 Å². The summed E-state index contributed by atoms with van der Waals surface area (Å²) in [5.74, 6) is 1.01. The predicted molar refractivity (Wildman–Crippen MR) is 107 cm³/mol. The van der Waals surface area contributed by atoms with E-state index in [1.807, 2.05) is 0 Å². The van der Waals surface area contributed by atoms with Crippen molar-refractivity contribution in [1.29, 1.82) is 0 Å². The standard InChI is InChI=1S/C24H34F2O/c1-3-5-6-17-7-9-18(10-8-17)19-11-13-20(14-12-19)21-15-16-22(27-4-2)24(26)23(21)25/h4,15-20H,2-3,5-14H2,1H3. The SMILES string of the molecule is C=COc1ccc(C2CCC(C3CCC(CCCC)CC3)CC2)c(F)c1F. The second kappa shape index (κ2) is 9.71. The van der Waals surface area contributed by atoms with Crippen molar-refractivity contribution in [3.8, 4) is 5.75 Å². The van der Waals surface area contributed by atoms with Crippen LogP contribution in [0.1, 0.15) is 89.0 Å². The number of hydrogen-bond acceptors (Lipinski definition) is 1. The molecule has 0 aliphatic heterocycles. The molecule has 2 aliphatic rings. The zero-order chi connectivity index (χ0) is 19.2. The Kier molecular flexibility index (Phi) is 7.32. The summed E-state index contributed by atoms with van der Waals surface area (Å²) in [6.07, 6.45) is 15.0. The molecule has 0 heterocycles. The van der Waals surface area contributed by atoms with Crippen LogP contribution in [0.15, 0.2) is 25.0 Å². The van der Waals surface area contributed by atoms with Gasteiger partial charge in [-0.2, -0.15) is 4.39 Å². The molecule has 2 saturated carbocycles. The molecule has 0 saturated heterocycles. The van der Waals surface area contributed by atoms with E-state index in [2.05, 4.69) is 13.5 Å². The van der Waals surface area contributed by atoms with Gasteiger partial charge in [-0.25, -0.2) is 4.39 Å². The molecule has 3 heteroatoms. The van der Waals surface area contributed by atoms with E-state index in [1.54, 1.807) is 6.07 Å². The molecule has 1 nitrogen and oxygen atoms in total. The molecule has 2 fully saturated rings. The maximum Gasteiger partial charge on any atom is 0.201 e. The van der Waals surface area contributed by atoms with E-state index in [1.165, 1.54) is 51.0 Å². The van der Waals surface area contributed by atoms with Crippen molar-refractivity contribution in [1.82, 2.24) is 0 Å². The van der Waals surface area contributed by atoms with Gasteiger partial charge >= 0.3 is 0 Å². The van der Waals surface area contributed by atoms with Gasteiger partial charge in [0.1, 0.15) is 0 Å². The van der Waals surface area contributed by atoms with Gasteiger partial charge in [0.15, 0.2) is 11.6 Å². The summed E-state index contributed by atoms with van der Waals surface area (Å²) in [4.78, 5) is 0. The summed E-state index contributed by atoms with van der Waals surface area (Å²) in [6, 6.07) is 3.22. The van der Waals surface area contributed by atoms with Crippen LogP contribution < -0.4 is 4.74 Å². The highest BCUT2D eigenvalue weighted by atomic mass is 19.2. The smallest absolute Gasteiger partial charge is 0.201 e. The van der Waals surface area contributed by atoms with Crippen LogP contribution in [0.2, 0.25) is 0 Å². The molecular formula is C24H34F2O. The molecule has 0 aromatic heterocycles. The topological polar surface area (TPSA) is 9.23 Å². The summed E-state index contributed by atoms with van der Waals surface area (Å²) in [5.41, 5.74) is 0.519. The summed E-state index contributed by atoms with van der Waals surface area (Å²) >= 11 is 0. The Morgan fingerprint density at radius 1 is 0.963 bits per heavy atom. The zero-order valence-electron chi connectivity index (χ0n) is 16.7. The first-order valence-corrected chi connectivity index (χ1v) is 10.9. The maximum absolute atomic E-state index is 14.5. The summed E-state index contributed by atoms with van der Waals surface area (Å²) in [7, 11) is 0. The Hall–Kier alpha value is -1.38. The highest BCUT2D eigenvalue weighted by Crippen LogP contribution is 2.45. The van der Waals surface area contributed by atoms with Gasteiger partial charge in [0, 0.05) is 0 Å². The van der Waals surface area contributed by atoms with E-state index in [-0.39, 0.29) is 11.7 Å². The van der Waals surface area contributed by atoms with Crippen molar-refractivity contribution in [2.24, 2.45) is 17.8 Å². The quantitative estimate of drug-likeness (QED) is 0.442. The fraction of sp³-hybridized carbons (Fsp3) is 0.667. The van der Waals surface area contributed by atoms with Gasteiger partial charge in [0.2, 0.25) is 5.82 Å². The summed E-state index contributed by atoms with van der Waals surface area (Å²) in [5, 5.41) is 0. The van der Waals surface area contributed by atoms with E-state index in [4.69, 9.17) is 4.74 Å². The third kappa shape index (κ3) is 4.92. The molecule has 0 radical (unpaired) electrons. The lowest BCUT2D eigenvalue weighted by Gasteiger charge is -2.38. The number of ether oxygens (including phenoxy) is 1. The van der Waals surface area contributed by atoms with E-state index in [9.17, 15) is 8.78 Å². The molecule has 0 bridgehead atoms. The van der Waals surface area contributed by atoms with Crippen LogP contribution in [0.5, 0.6) is 5.75 Å². The first-order valence-electron chi connectivity index (χ1n) is 10.9. The summed E-state index contributed by atoms with van der Waals surface area (Å²) < 4.78 is 33.6. The van der Waals surface area contributed by atoms with Crippen molar-refractivity contribution < 1.29 is 13.5 Å². The molecule has 27 heavy (non-hydrogen) atoms. The van der Waals surface area contributed by atoms with Gasteiger partial charge in [-0.3, -0.25) is 0 Å². The number of halogens is 2. The van der Waals surface area contributed by atoms with Gasteiger partial charge < -0.3 is 4.74 Å². The average molecular weight is 377 g/mol. The molecule has 2 aliphatic carbocycles. The molecule has 0 unspecified atom stereocenters. The first kappa shape index (κ1) is 20.4. The molecule has 1 aromatic rings. The Bertz CT molecular complexity index is 611. The lowest BCUT2D eigenvalue weighted by Crippen LogP contribution is -2.25. The van der Waals surface area contributed by atoms with Crippen molar-refractivity contribution >= 4 is 0 Å². The van der Waals surface area contributed by atoms with E-state index < -0.39 is 11.6 Å². The molecule has 3 rings (SSSR count). The van der Waals surface area contributed by atoms with Gasteiger partial charge in [-0.1, -0.05) is 51.7 Å². The molecule has 0 spiro atoms. The normalized spacial score (nSPS) is 28.7. The van der Waals surface area contributed by atoms with E-state index >= 15 is 0 Å². The molecule has 0 atom stereocenters. The fourth-order valence-electron chi connectivity index (χ4n) is 5.39. The highest BCUT2D eigenvalue weighted by Gasteiger charge is 2.32. The van der Waals surface area contributed by atoms with Crippen LogP contribution in [0.4, 0.5) is 8.78 Å². The minimum Gasteiger partial charge on any atom is -0.462 e. The van der Waals surface area contributed by atoms with Gasteiger partial charge in [-0.15, -0.1) is 0 Å². The molecule has 150 valence electrons. The van der Waals surface area contributed by atoms with Crippen molar-refractivity contribution in [2.45, 2.75) is 83.5 Å². The monoisotopic (exact) mass is 376 g/mol. The van der Waals surface area contributed by atoms with Crippen LogP contribution in [0.3, 0.4) is 0 Å². The molecule has 0 amide bonds. The lowest BCUT2D eigenvalue weighted by atomic mass is 9.68. The first-order chi connectivity index (χ1) is 13.1. The molecule has 0 N–H and O–H groups in total. The van der Waals surface area contributed by atoms with Crippen LogP contribution in [-0.4, -0.2) is 0 Å². The van der Waals surface area contributed by atoms with Gasteiger partial charge in [-0.05, 0) is 73.8 Å². The van der Waals surface area contributed by atoms with E-state index in [0.717, 1.165) is 49.7 Å². The molecule has 1 aromatic carbocycles. The Morgan fingerprint density at radius 2 is 1.59 bits per heavy atom. The molecular weight excluding hydrogens is 342 g/mol. The van der Waals surface area contributed by atoms with Crippen LogP contribution in [0.25, 0.3) is 0 Å². The fourth-order valence-corrected chi connectivity index (χ4v) is 5.39. The summed E-state index contributed by atoms with van der Waals surface area (Å²) in [6.45, 7) is 5.68. The number of unbranched alkanes of at least 4 members (excludes halogenated alkanes) is 1. The zero-order valence-corrected chi connectivity index (χ0v) is 16.7. The minimum absolute atomic E-state index is 0.0835. The predicted octanol–water partition coefficient (Wildman–Crippen LogP) is 7.76. The number of rotatable bonds is 7. The van der Waals surface area contributed by atoms with Crippen LogP contribution >= 0.6 is 0 Å². The second-order valence-electron chi connectivity index (χ2n) is 8.60. The third-order valence-electron chi connectivity index (χ3n) is 7.02. The number of benzene rings is 1. The van der Waals surface area contributed by atoms with Crippen molar-refractivity contribution in [3.63, 3.8) is 0 Å². The van der Waals surface area contributed by atoms with E-state index in [0.29, 0.717) is 5.56 Å². The minimum atomic E-state index is -0.889. The number of hydrogen-bond donors (Lipinski definition) is 0. The lowest BCUT2D eigenvalue weighted by molar-refractivity contribution is 0.155. The Morgan fingerprint density at radius 3 is 2.19 bits per heavy atom.